The third kappa shape index (κ3) is 3.20. The highest BCUT2D eigenvalue weighted by Crippen LogP contribution is 2.31. The van der Waals surface area contributed by atoms with E-state index in [1.807, 2.05) is 0 Å². The molecule has 0 saturated heterocycles. The predicted molar refractivity (Wildman–Crippen MR) is 93.5 cm³/mol. The molecular formula is C18H15N3O4. The number of carboxylic acid groups (broad SMARTS) is 1. The summed E-state index contributed by atoms with van der Waals surface area (Å²) < 4.78 is 5.19. The van der Waals surface area contributed by atoms with E-state index in [1.165, 1.54) is 18.3 Å². The number of benzene rings is 2. The van der Waals surface area contributed by atoms with Crippen LogP contribution in [0.15, 0.2) is 48.7 Å². The lowest BCUT2D eigenvalue weighted by atomic mass is 10.1. The Balaban J connectivity index is 2.21. The number of nitrogens with zero attached hydrogens (tertiary/aromatic N) is 1. The first-order valence-corrected chi connectivity index (χ1v) is 7.36. The molecule has 3 aromatic rings. The number of hydrogen-bond acceptors (Lipinski definition) is 5. The minimum Gasteiger partial charge on any atom is -0.497 e. The Labute approximate surface area is 143 Å². The molecule has 25 heavy (non-hydrogen) atoms. The standard InChI is InChI=1S/C18H15N3O4/c1-25-12-4-2-3-11(8-12)21-16-13-7-10(18(23)24)5-6-15(13)20-9-14(16)17(19)22/h2-9H,1H3,(H2,19,22)(H,20,21)(H,23,24). The van der Waals surface area contributed by atoms with E-state index in [4.69, 9.17) is 10.5 Å². The summed E-state index contributed by atoms with van der Waals surface area (Å²) in [5.41, 5.74) is 7.31. The molecule has 0 aliphatic rings. The Morgan fingerprint density at radius 3 is 2.68 bits per heavy atom. The minimum absolute atomic E-state index is 0.0876. The number of aromatic carboxylic acids is 1. The fourth-order valence-electron chi connectivity index (χ4n) is 2.49. The second-order valence-electron chi connectivity index (χ2n) is 5.31. The van der Waals surface area contributed by atoms with Crippen LogP contribution in [-0.4, -0.2) is 29.1 Å². The van der Waals surface area contributed by atoms with Gasteiger partial charge in [-0.05, 0) is 30.3 Å². The molecule has 0 spiro atoms. The Kier molecular flexibility index (Phi) is 4.21. The van der Waals surface area contributed by atoms with Crippen LogP contribution in [0.4, 0.5) is 11.4 Å². The largest absolute Gasteiger partial charge is 0.497 e. The fourth-order valence-corrected chi connectivity index (χ4v) is 2.49. The van der Waals surface area contributed by atoms with Gasteiger partial charge in [0.1, 0.15) is 5.75 Å². The number of pyridine rings is 1. The average molecular weight is 337 g/mol. The lowest BCUT2D eigenvalue weighted by Gasteiger charge is -2.14. The van der Waals surface area contributed by atoms with Crippen molar-refractivity contribution in [1.82, 2.24) is 4.98 Å². The molecule has 3 rings (SSSR count). The molecule has 0 aliphatic heterocycles. The zero-order chi connectivity index (χ0) is 18.0. The van der Waals surface area contributed by atoms with Crippen LogP contribution in [0.1, 0.15) is 20.7 Å². The Morgan fingerprint density at radius 1 is 1.20 bits per heavy atom. The van der Waals surface area contributed by atoms with E-state index in [0.29, 0.717) is 28.0 Å². The van der Waals surface area contributed by atoms with Crippen LogP contribution in [0.2, 0.25) is 0 Å². The van der Waals surface area contributed by atoms with Gasteiger partial charge in [-0.2, -0.15) is 0 Å². The van der Waals surface area contributed by atoms with Crippen LogP contribution < -0.4 is 15.8 Å². The third-order valence-corrected chi connectivity index (χ3v) is 3.72. The lowest BCUT2D eigenvalue weighted by molar-refractivity contribution is 0.0697. The molecule has 0 atom stereocenters. The summed E-state index contributed by atoms with van der Waals surface area (Å²) in [5, 5.41) is 12.8. The van der Waals surface area contributed by atoms with Crippen LogP contribution in [0, 0.1) is 0 Å². The van der Waals surface area contributed by atoms with Gasteiger partial charge in [0.15, 0.2) is 0 Å². The number of methoxy groups -OCH3 is 1. The van der Waals surface area contributed by atoms with Crippen molar-refractivity contribution >= 4 is 34.2 Å². The van der Waals surface area contributed by atoms with Crippen LogP contribution in [-0.2, 0) is 0 Å². The zero-order valence-electron chi connectivity index (χ0n) is 13.3. The number of nitrogens with one attached hydrogen (secondary N) is 1. The summed E-state index contributed by atoms with van der Waals surface area (Å²) in [5.74, 6) is -1.10. The highest BCUT2D eigenvalue weighted by Gasteiger charge is 2.15. The molecule has 7 heteroatoms. The van der Waals surface area contributed by atoms with Crippen molar-refractivity contribution < 1.29 is 19.4 Å². The van der Waals surface area contributed by atoms with Crippen molar-refractivity contribution in [1.29, 1.82) is 0 Å². The second-order valence-corrected chi connectivity index (χ2v) is 5.31. The van der Waals surface area contributed by atoms with Crippen molar-refractivity contribution in [2.45, 2.75) is 0 Å². The first kappa shape index (κ1) is 16.3. The monoisotopic (exact) mass is 337 g/mol. The molecule has 2 aromatic carbocycles. The molecule has 7 nitrogen and oxygen atoms in total. The maximum atomic E-state index is 11.8. The molecule has 1 amide bonds. The second kappa shape index (κ2) is 6.48. The van der Waals surface area contributed by atoms with E-state index in [2.05, 4.69) is 10.3 Å². The number of ether oxygens (including phenoxy) is 1. The van der Waals surface area contributed by atoms with Crippen LogP contribution >= 0.6 is 0 Å². The number of primary amides is 1. The number of anilines is 2. The van der Waals surface area contributed by atoms with E-state index in [1.54, 1.807) is 37.4 Å². The smallest absolute Gasteiger partial charge is 0.335 e. The summed E-state index contributed by atoms with van der Waals surface area (Å²) in [6, 6.07) is 11.6. The van der Waals surface area contributed by atoms with Gasteiger partial charge in [0.05, 0.1) is 29.4 Å². The number of carbonyl (C=O) groups excluding carboxylic acids is 1. The average Bonchev–Trinajstić information content (AvgIpc) is 2.61. The van der Waals surface area contributed by atoms with Crippen molar-refractivity contribution in [2.24, 2.45) is 5.73 Å². The highest BCUT2D eigenvalue weighted by molar-refractivity contribution is 6.08. The van der Waals surface area contributed by atoms with Gasteiger partial charge >= 0.3 is 5.97 Å². The maximum Gasteiger partial charge on any atom is 0.335 e. The molecule has 0 bridgehead atoms. The number of aromatic nitrogens is 1. The van der Waals surface area contributed by atoms with E-state index >= 15 is 0 Å². The topological polar surface area (TPSA) is 115 Å². The first-order chi connectivity index (χ1) is 12.0. The minimum atomic E-state index is -1.07. The van der Waals surface area contributed by atoms with Gasteiger partial charge < -0.3 is 20.9 Å². The summed E-state index contributed by atoms with van der Waals surface area (Å²) in [6.07, 6.45) is 1.37. The molecule has 4 N–H and O–H groups in total. The highest BCUT2D eigenvalue weighted by atomic mass is 16.5. The lowest BCUT2D eigenvalue weighted by Crippen LogP contribution is -2.14. The molecular weight excluding hydrogens is 322 g/mol. The van der Waals surface area contributed by atoms with Crippen LogP contribution in [0.5, 0.6) is 5.75 Å². The Morgan fingerprint density at radius 2 is 2.00 bits per heavy atom. The maximum absolute atomic E-state index is 11.8. The van der Waals surface area contributed by atoms with Gasteiger partial charge in [0.25, 0.3) is 5.91 Å². The van der Waals surface area contributed by atoms with Gasteiger partial charge in [-0.1, -0.05) is 6.07 Å². The molecule has 1 heterocycles. The summed E-state index contributed by atoms with van der Waals surface area (Å²) >= 11 is 0. The first-order valence-electron chi connectivity index (χ1n) is 7.36. The normalized spacial score (nSPS) is 10.4. The van der Waals surface area contributed by atoms with Crippen molar-refractivity contribution in [3.8, 4) is 5.75 Å². The summed E-state index contributed by atoms with van der Waals surface area (Å²) in [4.78, 5) is 27.2. The fraction of sp³-hybridized carbons (Fsp3) is 0.0556. The van der Waals surface area contributed by atoms with Gasteiger partial charge in [-0.25, -0.2) is 4.79 Å². The van der Waals surface area contributed by atoms with Crippen LogP contribution in [0.3, 0.4) is 0 Å². The number of amides is 1. The van der Waals surface area contributed by atoms with Crippen LogP contribution in [0.25, 0.3) is 10.9 Å². The number of nitrogens with two attached hydrogens (primary N) is 1. The molecule has 126 valence electrons. The zero-order valence-corrected chi connectivity index (χ0v) is 13.3. The Hall–Kier alpha value is -3.61. The van der Waals surface area contributed by atoms with E-state index in [0.717, 1.165) is 0 Å². The number of fused-ring (bicyclic) bond motifs is 1. The number of rotatable bonds is 5. The summed E-state index contributed by atoms with van der Waals surface area (Å²) in [6.45, 7) is 0. The molecule has 0 radical (unpaired) electrons. The molecule has 0 unspecified atom stereocenters. The number of carboxylic acids is 1. The van der Waals surface area contributed by atoms with Crippen molar-refractivity contribution in [3.63, 3.8) is 0 Å². The number of hydrogen-bond donors (Lipinski definition) is 3. The van der Waals surface area contributed by atoms with E-state index in [9.17, 15) is 14.7 Å². The Bertz CT molecular complexity index is 980. The van der Waals surface area contributed by atoms with Gasteiger partial charge in [0.2, 0.25) is 0 Å². The SMILES string of the molecule is COc1cccc(Nc2c(C(N)=O)cnc3ccc(C(=O)O)cc23)c1. The quantitative estimate of drug-likeness (QED) is 0.659. The van der Waals surface area contributed by atoms with Crippen molar-refractivity contribution in [2.75, 3.05) is 12.4 Å². The molecule has 1 aromatic heterocycles. The summed E-state index contributed by atoms with van der Waals surface area (Å²) in [7, 11) is 1.55. The van der Waals surface area contributed by atoms with E-state index in [-0.39, 0.29) is 11.1 Å². The van der Waals surface area contributed by atoms with Crippen molar-refractivity contribution in [3.05, 3.63) is 59.8 Å². The van der Waals surface area contributed by atoms with Gasteiger partial charge in [-0.15, -0.1) is 0 Å². The van der Waals surface area contributed by atoms with E-state index < -0.39 is 11.9 Å². The molecule has 0 aliphatic carbocycles. The third-order valence-electron chi connectivity index (χ3n) is 3.72. The van der Waals surface area contributed by atoms with Gasteiger partial charge in [-0.3, -0.25) is 9.78 Å². The number of carbonyl (C=O) groups is 2. The predicted octanol–water partition coefficient (Wildman–Crippen LogP) is 2.78. The van der Waals surface area contributed by atoms with Gasteiger partial charge in [0, 0.05) is 23.3 Å². The molecule has 0 fully saturated rings. The molecule has 0 saturated carbocycles.